The van der Waals surface area contributed by atoms with Crippen molar-refractivity contribution in [1.82, 2.24) is 0 Å². The van der Waals surface area contributed by atoms with Gasteiger partial charge in [0.25, 0.3) is 0 Å². The van der Waals surface area contributed by atoms with Crippen LogP contribution < -0.4 is 4.90 Å². The zero-order valence-electron chi connectivity index (χ0n) is 11.3. The summed E-state index contributed by atoms with van der Waals surface area (Å²) < 4.78 is 0. The number of benzene rings is 1. The van der Waals surface area contributed by atoms with Gasteiger partial charge >= 0.3 is 5.97 Å². The van der Waals surface area contributed by atoms with Crippen LogP contribution in [-0.2, 0) is 11.2 Å². The molecule has 1 heterocycles. The van der Waals surface area contributed by atoms with Crippen LogP contribution in [0.15, 0.2) is 18.2 Å². The molecule has 98 valence electrons. The van der Waals surface area contributed by atoms with Crippen molar-refractivity contribution >= 4 is 11.7 Å². The Balaban J connectivity index is 2.34. The van der Waals surface area contributed by atoms with Crippen LogP contribution in [0, 0.1) is 5.92 Å². The monoisotopic (exact) mass is 247 g/mol. The first-order chi connectivity index (χ1) is 8.54. The Bertz CT molecular complexity index is 456. The minimum Gasteiger partial charge on any atom is -0.481 e. The topological polar surface area (TPSA) is 40.5 Å². The first-order valence-electron chi connectivity index (χ1n) is 6.64. The number of hydrogen-bond acceptors (Lipinski definition) is 2. The molecular weight excluding hydrogens is 226 g/mol. The Labute approximate surface area is 108 Å². The van der Waals surface area contributed by atoms with E-state index in [1.807, 2.05) is 6.07 Å². The highest BCUT2D eigenvalue weighted by atomic mass is 16.4. The molecule has 1 aromatic rings. The molecule has 3 heteroatoms. The number of rotatable bonds is 4. The van der Waals surface area contributed by atoms with Crippen molar-refractivity contribution in [2.75, 3.05) is 18.0 Å². The molecule has 0 radical (unpaired) electrons. The summed E-state index contributed by atoms with van der Waals surface area (Å²) in [6.07, 6.45) is 0.625. The second-order valence-corrected chi connectivity index (χ2v) is 5.23. The number of nitrogens with zero attached hydrogens (tertiary/aromatic N) is 1. The lowest BCUT2D eigenvalue weighted by atomic mass is 9.91. The average Bonchev–Trinajstić information content (AvgIpc) is 2.67. The number of carboxylic acids is 1. The van der Waals surface area contributed by atoms with E-state index in [0.717, 1.165) is 13.1 Å². The summed E-state index contributed by atoms with van der Waals surface area (Å²) in [5.74, 6) is -0.540. The molecule has 1 N–H and O–H groups in total. The molecular formula is C15H21NO2. The molecule has 3 nitrogen and oxygen atoms in total. The van der Waals surface area contributed by atoms with E-state index in [2.05, 4.69) is 30.9 Å². The van der Waals surface area contributed by atoms with Crippen LogP contribution in [0.4, 0.5) is 5.69 Å². The summed E-state index contributed by atoms with van der Waals surface area (Å²) >= 11 is 0. The van der Waals surface area contributed by atoms with Crippen LogP contribution in [0.3, 0.4) is 0 Å². The Morgan fingerprint density at radius 2 is 2.28 bits per heavy atom. The van der Waals surface area contributed by atoms with E-state index in [-0.39, 0.29) is 5.92 Å². The van der Waals surface area contributed by atoms with E-state index in [1.54, 1.807) is 6.92 Å². The zero-order valence-corrected chi connectivity index (χ0v) is 11.3. The lowest BCUT2D eigenvalue weighted by Gasteiger charge is -2.17. The normalized spacial score (nSPS) is 19.7. The van der Waals surface area contributed by atoms with Crippen LogP contribution in [0.1, 0.15) is 37.8 Å². The van der Waals surface area contributed by atoms with Crippen molar-refractivity contribution < 1.29 is 9.90 Å². The molecule has 0 amide bonds. The van der Waals surface area contributed by atoms with E-state index in [9.17, 15) is 4.79 Å². The molecule has 0 saturated heterocycles. The molecule has 0 bridgehead atoms. The van der Waals surface area contributed by atoms with Crippen LogP contribution in [0.2, 0.25) is 0 Å². The maximum atomic E-state index is 11.0. The highest BCUT2D eigenvalue weighted by Gasteiger charge is 2.27. The Kier molecular flexibility index (Phi) is 3.60. The molecule has 2 unspecified atom stereocenters. The van der Waals surface area contributed by atoms with Gasteiger partial charge in [-0.2, -0.15) is 0 Å². The molecule has 2 rings (SSSR count). The lowest BCUT2D eigenvalue weighted by Crippen LogP contribution is -2.20. The quantitative estimate of drug-likeness (QED) is 0.889. The fourth-order valence-electron chi connectivity index (χ4n) is 2.86. The van der Waals surface area contributed by atoms with Crippen molar-refractivity contribution in [1.29, 1.82) is 0 Å². The van der Waals surface area contributed by atoms with Gasteiger partial charge < -0.3 is 10.0 Å². The predicted octanol–water partition coefficient (Wildman–Crippen LogP) is 2.89. The minimum atomic E-state index is -0.717. The molecule has 2 atom stereocenters. The fourth-order valence-corrected chi connectivity index (χ4v) is 2.86. The maximum Gasteiger partial charge on any atom is 0.306 e. The van der Waals surface area contributed by atoms with Crippen molar-refractivity contribution in [3.05, 3.63) is 29.3 Å². The molecule has 1 aliphatic heterocycles. The van der Waals surface area contributed by atoms with E-state index in [1.165, 1.54) is 16.8 Å². The fraction of sp³-hybridized carbons (Fsp3) is 0.533. The van der Waals surface area contributed by atoms with Gasteiger partial charge in [0.1, 0.15) is 0 Å². The highest BCUT2D eigenvalue weighted by Crippen LogP contribution is 2.38. The highest BCUT2D eigenvalue weighted by molar-refractivity contribution is 5.71. The second-order valence-electron chi connectivity index (χ2n) is 5.23. The lowest BCUT2D eigenvalue weighted by molar-refractivity contribution is -0.141. The summed E-state index contributed by atoms with van der Waals surface area (Å²) in [6.45, 7) is 8.22. The third-order valence-electron chi connectivity index (χ3n) is 3.83. The van der Waals surface area contributed by atoms with Crippen molar-refractivity contribution in [2.45, 2.75) is 33.1 Å². The van der Waals surface area contributed by atoms with Gasteiger partial charge in [0, 0.05) is 24.7 Å². The van der Waals surface area contributed by atoms with Gasteiger partial charge in [-0.15, -0.1) is 0 Å². The Morgan fingerprint density at radius 3 is 2.89 bits per heavy atom. The van der Waals surface area contributed by atoms with Crippen molar-refractivity contribution in [3.63, 3.8) is 0 Å². The second kappa shape index (κ2) is 5.01. The molecule has 1 aromatic carbocycles. The molecule has 0 aromatic heterocycles. The van der Waals surface area contributed by atoms with Crippen LogP contribution >= 0.6 is 0 Å². The number of aliphatic carboxylic acids is 1. The van der Waals surface area contributed by atoms with E-state index in [0.29, 0.717) is 12.3 Å². The third-order valence-corrected chi connectivity index (χ3v) is 3.83. The predicted molar refractivity (Wildman–Crippen MR) is 73.2 cm³/mol. The SMILES string of the molecule is CCN1CC(C)c2c(CC(C)C(=O)O)cccc21. The summed E-state index contributed by atoms with van der Waals surface area (Å²) in [6, 6.07) is 6.27. The maximum absolute atomic E-state index is 11.0. The van der Waals surface area contributed by atoms with Gasteiger partial charge in [-0.3, -0.25) is 4.79 Å². The first kappa shape index (κ1) is 12.9. The molecule has 0 saturated carbocycles. The number of carboxylic acid groups (broad SMARTS) is 1. The summed E-state index contributed by atoms with van der Waals surface area (Å²) in [4.78, 5) is 13.4. The number of fused-ring (bicyclic) bond motifs is 1. The van der Waals surface area contributed by atoms with Crippen LogP contribution in [0.5, 0.6) is 0 Å². The zero-order chi connectivity index (χ0) is 13.3. The smallest absolute Gasteiger partial charge is 0.306 e. The van der Waals surface area contributed by atoms with E-state index >= 15 is 0 Å². The van der Waals surface area contributed by atoms with E-state index < -0.39 is 5.97 Å². The average molecular weight is 247 g/mol. The van der Waals surface area contributed by atoms with Crippen molar-refractivity contribution in [3.8, 4) is 0 Å². The van der Waals surface area contributed by atoms with Gasteiger partial charge in [-0.25, -0.2) is 0 Å². The van der Waals surface area contributed by atoms with Gasteiger partial charge in [0.2, 0.25) is 0 Å². The van der Waals surface area contributed by atoms with Gasteiger partial charge in [-0.05, 0) is 30.5 Å². The summed E-state index contributed by atoms with van der Waals surface area (Å²) in [5.41, 5.74) is 3.85. The number of hydrogen-bond donors (Lipinski definition) is 1. The van der Waals surface area contributed by atoms with Crippen molar-refractivity contribution in [2.24, 2.45) is 5.92 Å². The van der Waals surface area contributed by atoms with Gasteiger partial charge in [0.05, 0.1) is 5.92 Å². The molecule has 1 aliphatic rings. The van der Waals surface area contributed by atoms with Crippen LogP contribution in [-0.4, -0.2) is 24.2 Å². The number of carbonyl (C=O) groups is 1. The van der Waals surface area contributed by atoms with E-state index in [4.69, 9.17) is 5.11 Å². The Hall–Kier alpha value is -1.51. The largest absolute Gasteiger partial charge is 0.481 e. The standard InChI is InChI=1S/C15H21NO2/c1-4-16-9-11(3)14-12(6-5-7-13(14)16)8-10(2)15(17)18/h5-7,10-11H,4,8-9H2,1-3H3,(H,17,18). The summed E-state index contributed by atoms with van der Waals surface area (Å²) in [5, 5.41) is 9.05. The van der Waals surface area contributed by atoms with Crippen LogP contribution in [0.25, 0.3) is 0 Å². The molecule has 0 fully saturated rings. The third kappa shape index (κ3) is 2.22. The number of likely N-dealkylation sites (N-methyl/N-ethyl adjacent to an activating group) is 1. The molecule has 18 heavy (non-hydrogen) atoms. The first-order valence-corrected chi connectivity index (χ1v) is 6.64. The van der Waals surface area contributed by atoms with Gasteiger partial charge in [0.15, 0.2) is 0 Å². The minimum absolute atomic E-state index is 0.320. The molecule has 0 aliphatic carbocycles. The molecule has 0 spiro atoms. The summed E-state index contributed by atoms with van der Waals surface area (Å²) in [7, 11) is 0. The number of anilines is 1. The van der Waals surface area contributed by atoms with Gasteiger partial charge in [-0.1, -0.05) is 26.0 Å². The Morgan fingerprint density at radius 1 is 1.56 bits per heavy atom.